The fourth-order valence-corrected chi connectivity index (χ4v) is 5.21. The van der Waals surface area contributed by atoms with E-state index in [2.05, 4.69) is 37.2 Å². The van der Waals surface area contributed by atoms with E-state index in [1.807, 2.05) is 79.7 Å². The Balaban J connectivity index is 1.45. The van der Waals surface area contributed by atoms with Crippen molar-refractivity contribution in [2.24, 2.45) is 0 Å². The number of hydrogen-bond donors (Lipinski definition) is 1. The van der Waals surface area contributed by atoms with Crippen LogP contribution in [0.5, 0.6) is 17.2 Å². The van der Waals surface area contributed by atoms with E-state index in [-0.39, 0.29) is 12.2 Å². The highest BCUT2D eigenvalue weighted by Gasteiger charge is 2.14. The zero-order valence-corrected chi connectivity index (χ0v) is 24.9. The van der Waals surface area contributed by atoms with E-state index in [1.165, 1.54) is 6.08 Å². The first-order chi connectivity index (χ1) is 19.5. The fourth-order valence-electron chi connectivity index (χ4n) is 3.76. The first-order valence-corrected chi connectivity index (χ1v) is 14.1. The van der Waals surface area contributed by atoms with Crippen LogP contribution in [0, 0.1) is 11.3 Å². The summed E-state index contributed by atoms with van der Waals surface area (Å²) in [6.07, 6.45) is 1.53. The van der Waals surface area contributed by atoms with E-state index in [1.54, 1.807) is 24.3 Å². The fraction of sp³-hybridized carbons (Fsp3) is 0.125. The molecule has 0 spiro atoms. The first kappa shape index (κ1) is 28.9. The van der Waals surface area contributed by atoms with Crippen LogP contribution in [0.15, 0.2) is 106 Å². The zero-order valence-electron chi connectivity index (χ0n) is 21.7. The second-order valence-corrected chi connectivity index (χ2v) is 10.3. The Morgan fingerprint density at radius 3 is 2.12 bits per heavy atom. The lowest BCUT2D eigenvalue weighted by Gasteiger charge is -2.15. The maximum atomic E-state index is 12.6. The number of carbonyl (C=O) groups is 1. The van der Waals surface area contributed by atoms with Crippen molar-refractivity contribution in [2.75, 3.05) is 11.9 Å². The van der Waals surface area contributed by atoms with Gasteiger partial charge in [0.25, 0.3) is 5.91 Å². The number of nitrogens with zero attached hydrogens (tertiary/aromatic N) is 1. The molecule has 0 aliphatic rings. The Hall–Kier alpha value is -4.06. The Bertz CT molecular complexity index is 1510. The van der Waals surface area contributed by atoms with Gasteiger partial charge in [-0.25, -0.2) is 0 Å². The number of benzene rings is 4. The van der Waals surface area contributed by atoms with E-state index >= 15 is 0 Å². The van der Waals surface area contributed by atoms with Crippen molar-refractivity contribution in [3.05, 3.63) is 122 Å². The van der Waals surface area contributed by atoms with Crippen LogP contribution >= 0.6 is 31.9 Å². The number of carbonyl (C=O) groups excluding carboxylic acids is 1. The molecule has 4 aromatic rings. The molecule has 1 N–H and O–H groups in total. The molecule has 0 bridgehead atoms. The van der Waals surface area contributed by atoms with Crippen molar-refractivity contribution in [3.63, 3.8) is 0 Å². The maximum Gasteiger partial charge on any atom is 0.266 e. The molecule has 0 saturated carbocycles. The first-order valence-electron chi connectivity index (χ1n) is 12.5. The molecular formula is C32H26Br2N2O4. The topological polar surface area (TPSA) is 80.6 Å². The lowest BCUT2D eigenvalue weighted by atomic mass is 10.1. The molecule has 0 aromatic heterocycles. The average molecular weight is 662 g/mol. The van der Waals surface area contributed by atoms with Crippen LogP contribution in [0.4, 0.5) is 5.69 Å². The van der Waals surface area contributed by atoms with Gasteiger partial charge in [-0.2, -0.15) is 5.26 Å². The normalized spacial score (nSPS) is 10.9. The van der Waals surface area contributed by atoms with Gasteiger partial charge in [0.1, 0.15) is 30.6 Å². The molecule has 0 fully saturated rings. The van der Waals surface area contributed by atoms with Crippen LogP contribution in [0.1, 0.15) is 23.6 Å². The summed E-state index contributed by atoms with van der Waals surface area (Å²) >= 11 is 7.11. The molecule has 6 nitrogen and oxygen atoms in total. The predicted octanol–water partition coefficient (Wildman–Crippen LogP) is 8.31. The molecule has 4 aromatic carbocycles. The number of ether oxygens (including phenoxy) is 3. The average Bonchev–Trinajstić information content (AvgIpc) is 2.96. The van der Waals surface area contributed by atoms with Crippen LogP contribution in [0.2, 0.25) is 0 Å². The highest BCUT2D eigenvalue weighted by atomic mass is 79.9. The predicted molar refractivity (Wildman–Crippen MR) is 163 cm³/mol. The van der Waals surface area contributed by atoms with Gasteiger partial charge in [-0.1, -0.05) is 54.6 Å². The number of halogens is 2. The van der Waals surface area contributed by atoms with Crippen LogP contribution in [-0.4, -0.2) is 12.5 Å². The van der Waals surface area contributed by atoms with Gasteiger partial charge in [-0.15, -0.1) is 0 Å². The maximum absolute atomic E-state index is 12.6. The van der Waals surface area contributed by atoms with Crippen molar-refractivity contribution < 1.29 is 19.0 Å². The number of para-hydroxylation sites is 1. The van der Waals surface area contributed by atoms with Crippen molar-refractivity contribution >= 4 is 49.5 Å². The molecule has 0 radical (unpaired) electrons. The van der Waals surface area contributed by atoms with Crippen molar-refractivity contribution in [3.8, 4) is 23.3 Å². The van der Waals surface area contributed by atoms with E-state index in [0.29, 0.717) is 50.7 Å². The number of rotatable bonds is 11. The monoisotopic (exact) mass is 660 g/mol. The van der Waals surface area contributed by atoms with Crippen LogP contribution in [-0.2, 0) is 18.0 Å². The van der Waals surface area contributed by atoms with Crippen LogP contribution in [0.3, 0.4) is 0 Å². The Kier molecular flexibility index (Phi) is 10.4. The Morgan fingerprint density at radius 2 is 1.48 bits per heavy atom. The van der Waals surface area contributed by atoms with E-state index in [4.69, 9.17) is 14.2 Å². The molecule has 0 aliphatic carbocycles. The molecule has 1 amide bonds. The van der Waals surface area contributed by atoms with Gasteiger partial charge in [-0.05, 0) is 97.9 Å². The summed E-state index contributed by atoms with van der Waals surface area (Å²) in [6.45, 7) is 3.16. The summed E-state index contributed by atoms with van der Waals surface area (Å²) in [5.74, 6) is 1.42. The van der Waals surface area contributed by atoms with Gasteiger partial charge in [0, 0.05) is 5.69 Å². The third-order valence-corrected chi connectivity index (χ3v) is 6.83. The van der Waals surface area contributed by atoms with Crippen molar-refractivity contribution in [2.45, 2.75) is 20.1 Å². The van der Waals surface area contributed by atoms with Gasteiger partial charge >= 0.3 is 0 Å². The summed E-state index contributed by atoms with van der Waals surface area (Å²) in [7, 11) is 0. The third kappa shape index (κ3) is 7.98. The molecule has 8 heteroatoms. The smallest absolute Gasteiger partial charge is 0.266 e. The molecule has 4 rings (SSSR count). The highest BCUT2D eigenvalue weighted by Crippen LogP contribution is 2.37. The lowest BCUT2D eigenvalue weighted by molar-refractivity contribution is -0.112. The third-order valence-electron chi connectivity index (χ3n) is 5.66. The quantitative estimate of drug-likeness (QED) is 0.129. The minimum Gasteiger partial charge on any atom is -0.490 e. The van der Waals surface area contributed by atoms with Gasteiger partial charge in [0.05, 0.1) is 15.6 Å². The SMILES string of the molecule is CCOc1cc(COc2c(Br)cc(/C=C(\C#N)C(=O)Nc3ccccc3)cc2Br)ccc1OCc1ccccc1. The molecule has 0 atom stereocenters. The number of hydrogen-bond acceptors (Lipinski definition) is 5. The summed E-state index contributed by atoms with van der Waals surface area (Å²) in [5, 5.41) is 12.3. The van der Waals surface area contributed by atoms with E-state index in [9.17, 15) is 10.1 Å². The summed E-state index contributed by atoms with van der Waals surface area (Å²) in [4.78, 5) is 12.6. The van der Waals surface area contributed by atoms with Crippen molar-refractivity contribution in [1.82, 2.24) is 0 Å². The van der Waals surface area contributed by atoms with Crippen molar-refractivity contribution in [1.29, 1.82) is 5.26 Å². The summed E-state index contributed by atoms with van der Waals surface area (Å²) in [6, 6.07) is 30.2. The largest absolute Gasteiger partial charge is 0.490 e. The number of anilines is 1. The minimum absolute atomic E-state index is 0.0191. The van der Waals surface area contributed by atoms with Gasteiger partial charge in [0.15, 0.2) is 11.5 Å². The molecule has 0 saturated heterocycles. The van der Waals surface area contributed by atoms with E-state index in [0.717, 1.165) is 11.1 Å². The molecule has 0 heterocycles. The Morgan fingerprint density at radius 1 is 0.825 bits per heavy atom. The molecule has 0 unspecified atom stereocenters. The van der Waals surface area contributed by atoms with E-state index < -0.39 is 5.91 Å². The second kappa shape index (κ2) is 14.4. The second-order valence-electron chi connectivity index (χ2n) is 8.58. The Labute approximate surface area is 250 Å². The summed E-state index contributed by atoms with van der Waals surface area (Å²) in [5.41, 5.74) is 3.23. The van der Waals surface area contributed by atoms with Gasteiger partial charge in [-0.3, -0.25) is 4.79 Å². The molecular weight excluding hydrogens is 636 g/mol. The number of nitrogens with one attached hydrogen (secondary N) is 1. The molecule has 40 heavy (non-hydrogen) atoms. The lowest BCUT2D eigenvalue weighted by Crippen LogP contribution is -2.13. The van der Waals surface area contributed by atoms with Crippen LogP contribution < -0.4 is 19.5 Å². The standard InChI is InChI=1S/C32H26Br2N2O4/c1-2-38-30-18-23(13-14-29(30)39-20-22-9-5-3-6-10-22)21-40-31-27(33)16-24(17-28(31)34)15-25(19-35)32(37)36-26-11-7-4-8-12-26/h3-18H,2,20-21H2,1H3,(H,36,37)/b25-15+. The number of nitriles is 1. The van der Waals surface area contributed by atoms with Gasteiger partial charge < -0.3 is 19.5 Å². The molecule has 0 aliphatic heterocycles. The highest BCUT2D eigenvalue weighted by molar-refractivity contribution is 9.11. The molecule has 202 valence electrons. The summed E-state index contributed by atoms with van der Waals surface area (Å²) < 4.78 is 19.3. The number of amides is 1. The van der Waals surface area contributed by atoms with Gasteiger partial charge in [0.2, 0.25) is 0 Å². The minimum atomic E-state index is -0.484. The zero-order chi connectivity index (χ0) is 28.3. The van der Waals surface area contributed by atoms with Crippen LogP contribution in [0.25, 0.3) is 6.08 Å².